The standard InChI is InChI=1S/C12H20N4/c1-9-7-16(3)10(2)4-12(9)15-11-5-13-8-14-6-11/h5-6,8-10,12,15H,4,7H2,1-3H3. The summed E-state index contributed by atoms with van der Waals surface area (Å²) in [6.07, 6.45) is 6.41. The van der Waals surface area contributed by atoms with Crippen LogP contribution in [-0.2, 0) is 0 Å². The van der Waals surface area contributed by atoms with Crippen LogP contribution in [0.15, 0.2) is 18.7 Å². The van der Waals surface area contributed by atoms with Gasteiger partial charge in [-0.25, -0.2) is 9.97 Å². The molecule has 0 aliphatic carbocycles. The van der Waals surface area contributed by atoms with Gasteiger partial charge in [-0.15, -0.1) is 0 Å². The van der Waals surface area contributed by atoms with Gasteiger partial charge in [-0.1, -0.05) is 6.92 Å². The highest BCUT2D eigenvalue weighted by atomic mass is 15.2. The summed E-state index contributed by atoms with van der Waals surface area (Å²) >= 11 is 0. The zero-order chi connectivity index (χ0) is 11.5. The van der Waals surface area contributed by atoms with Crippen LogP contribution in [0, 0.1) is 5.92 Å². The molecule has 1 saturated heterocycles. The maximum Gasteiger partial charge on any atom is 0.115 e. The van der Waals surface area contributed by atoms with Crippen LogP contribution in [0.2, 0.25) is 0 Å². The fourth-order valence-electron chi connectivity index (χ4n) is 2.33. The molecule has 3 atom stereocenters. The quantitative estimate of drug-likeness (QED) is 0.822. The molecule has 3 unspecified atom stereocenters. The second-order valence-electron chi connectivity index (χ2n) is 4.88. The second-order valence-corrected chi connectivity index (χ2v) is 4.88. The van der Waals surface area contributed by atoms with Crippen LogP contribution in [0.25, 0.3) is 0 Å². The summed E-state index contributed by atoms with van der Waals surface area (Å²) in [6, 6.07) is 1.16. The number of nitrogens with one attached hydrogen (secondary N) is 1. The lowest BCUT2D eigenvalue weighted by molar-refractivity contribution is 0.145. The van der Waals surface area contributed by atoms with Crippen molar-refractivity contribution in [3.63, 3.8) is 0 Å². The van der Waals surface area contributed by atoms with Crippen LogP contribution < -0.4 is 5.32 Å². The molecule has 1 aliphatic heterocycles. The van der Waals surface area contributed by atoms with Crippen molar-refractivity contribution in [2.24, 2.45) is 5.92 Å². The van der Waals surface area contributed by atoms with E-state index in [-0.39, 0.29) is 0 Å². The Kier molecular flexibility index (Phi) is 3.39. The molecular weight excluding hydrogens is 200 g/mol. The Labute approximate surface area is 97.1 Å². The molecule has 1 aromatic rings. The Morgan fingerprint density at radius 1 is 1.31 bits per heavy atom. The maximum atomic E-state index is 4.03. The lowest BCUT2D eigenvalue weighted by atomic mass is 9.90. The van der Waals surface area contributed by atoms with E-state index < -0.39 is 0 Å². The van der Waals surface area contributed by atoms with Crippen LogP contribution in [0.1, 0.15) is 20.3 Å². The highest BCUT2D eigenvalue weighted by molar-refractivity contribution is 5.38. The molecule has 2 heterocycles. The number of hydrogen-bond donors (Lipinski definition) is 1. The average Bonchev–Trinajstić information content (AvgIpc) is 2.27. The summed E-state index contributed by atoms with van der Waals surface area (Å²) in [5.74, 6) is 0.654. The van der Waals surface area contributed by atoms with Crippen LogP contribution in [-0.4, -0.2) is 40.5 Å². The fraction of sp³-hybridized carbons (Fsp3) is 0.667. The maximum absolute atomic E-state index is 4.03. The van der Waals surface area contributed by atoms with Crippen molar-refractivity contribution in [3.05, 3.63) is 18.7 Å². The summed E-state index contributed by atoms with van der Waals surface area (Å²) in [7, 11) is 2.20. The van der Waals surface area contributed by atoms with E-state index in [1.807, 2.05) is 12.4 Å². The summed E-state index contributed by atoms with van der Waals surface area (Å²) in [5, 5.41) is 3.53. The van der Waals surface area contributed by atoms with Crippen molar-refractivity contribution in [1.29, 1.82) is 0 Å². The molecule has 0 radical (unpaired) electrons. The minimum absolute atomic E-state index is 0.525. The van der Waals surface area contributed by atoms with Gasteiger partial charge in [0.25, 0.3) is 0 Å². The first-order chi connectivity index (χ1) is 7.66. The Morgan fingerprint density at radius 2 is 2.00 bits per heavy atom. The molecule has 88 valence electrons. The van der Waals surface area contributed by atoms with Crippen LogP contribution in [0.3, 0.4) is 0 Å². The second kappa shape index (κ2) is 4.78. The van der Waals surface area contributed by atoms with Gasteiger partial charge in [0, 0.05) is 18.6 Å². The molecule has 1 N–H and O–H groups in total. The van der Waals surface area contributed by atoms with Gasteiger partial charge in [0.1, 0.15) is 6.33 Å². The molecule has 0 bridgehead atoms. The highest BCUT2D eigenvalue weighted by Gasteiger charge is 2.28. The largest absolute Gasteiger partial charge is 0.379 e. The molecule has 16 heavy (non-hydrogen) atoms. The summed E-state index contributed by atoms with van der Waals surface area (Å²) in [5.41, 5.74) is 1.02. The van der Waals surface area contributed by atoms with Crippen molar-refractivity contribution in [2.45, 2.75) is 32.4 Å². The molecule has 0 spiro atoms. The zero-order valence-corrected chi connectivity index (χ0v) is 10.2. The van der Waals surface area contributed by atoms with E-state index in [0.29, 0.717) is 18.0 Å². The normalized spacial score (nSPS) is 31.3. The third-order valence-corrected chi connectivity index (χ3v) is 3.52. The Hall–Kier alpha value is -1.16. The van der Waals surface area contributed by atoms with Crippen molar-refractivity contribution in [2.75, 3.05) is 18.9 Å². The van der Waals surface area contributed by atoms with E-state index in [1.54, 1.807) is 6.33 Å². The zero-order valence-electron chi connectivity index (χ0n) is 10.2. The molecule has 1 aromatic heterocycles. The van der Waals surface area contributed by atoms with E-state index in [0.717, 1.165) is 12.2 Å². The van der Waals surface area contributed by atoms with E-state index in [9.17, 15) is 0 Å². The molecule has 0 aromatic carbocycles. The van der Waals surface area contributed by atoms with Crippen LogP contribution in [0.5, 0.6) is 0 Å². The highest BCUT2D eigenvalue weighted by Crippen LogP contribution is 2.23. The Bertz CT molecular complexity index is 327. The van der Waals surface area contributed by atoms with Gasteiger partial charge in [-0.05, 0) is 26.3 Å². The van der Waals surface area contributed by atoms with E-state index >= 15 is 0 Å². The fourth-order valence-corrected chi connectivity index (χ4v) is 2.33. The van der Waals surface area contributed by atoms with Crippen molar-refractivity contribution < 1.29 is 0 Å². The predicted octanol–water partition coefficient (Wildman–Crippen LogP) is 1.62. The predicted molar refractivity (Wildman–Crippen MR) is 65.3 cm³/mol. The van der Waals surface area contributed by atoms with Crippen molar-refractivity contribution in [3.8, 4) is 0 Å². The molecule has 4 nitrogen and oxygen atoms in total. The number of rotatable bonds is 2. The minimum atomic E-state index is 0.525. The van der Waals surface area contributed by atoms with E-state index in [2.05, 4.69) is 41.1 Å². The molecule has 1 fully saturated rings. The number of anilines is 1. The third-order valence-electron chi connectivity index (χ3n) is 3.52. The minimum Gasteiger partial charge on any atom is -0.379 e. The number of aromatic nitrogens is 2. The Balaban J connectivity index is 2.00. The van der Waals surface area contributed by atoms with Gasteiger partial charge in [0.2, 0.25) is 0 Å². The smallest absolute Gasteiger partial charge is 0.115 e. The molecule has 4 heteroatoms. The first kappa shape index (κ1) is 11.3. The lowest BCUT2D eigenvalue weighted by Gasteiger charge is -2.40. The number of hydrogen-bond acceptors (Lipinski definition) is 4. The van der Waals surface area contributed by atoms with Crippen LogP contribution in [0.4, 0.5) is 5.69 Å². The molecule has 0 saturated carbocycles. The average molecular weight is 220 g/mol. The van der Waals surface area contributed by atoms with Gasteiger partial charge < -0.3 is 10.2 Å². The third kappa shape index (κ3) is 2.50. The van der Waals surface area contributed by atoms with Gasteiger partial charge >= 0.3 is 0 Å². The summed E-state index contributed by atoms with van der Waals surface area (Å²) in [6.45, 7) is 5.72. The topological polar surface area (TPSA) is 41.0 Å². The van der Waals surface area contributed by atoms with Crippen molar-refractivity contribution >= 4 is 5.69 Å². The lowest BCUT2D eigenvalue weighted by Crippen LogP contribution is -2.48. The Morgan fingerprint density at radius 3 is 2.69 bits per heavy atom. The van der Waals surface area contributed by atoms with Gasteiger partial charge in [-0.2, -0.15) is 0 Å². The van der Waals surface area contributed by atoms with E-state index in [1.165, 1.54) is 6.42 Å². The van der Waals surface area contributed by atoms with Gasteiger partial charge in [0.15, 0.2) is 0 Å². The van der Waals surface area contributed by atoms with Gasteiger partial charge in [0.05, 0.1) is 18.1 Å². The monoisotopic (exact) mass is 220 g/mol. The number of likely N-dealkylation sites (tertiary alicyclic amines) is 1. The number of piperidine rings is 1. The summed E-state index contributed by atoms with van der Waals surface area (Å²) < 4.78 is 0. The molecule has 0 amide bonds. The molecule has 1 aliphatic rings. The van der Waals surface area contributed by atoms with E-state index in [4.69, 9.17) is 0 Å². The first-order valence-corrected chi connectivity index (χ1v) is 5.88. The SMILES string of the molecule is CC1CN(C)C(C)CC1Nc1cncnc1. The first-order valence-electron chi connectivity index (χ1n) is 5.88. The molecular formula is C12H20N4. The van der Waals surface area contributed by atoms with Crippen molar-refractivity contribution in [1.82, 2.24) is 14.9 Å². The molecule has 2 rings (SSSR count). The van der Waals surface area contributed by atoms with Gasteiger partial charge in [-0.3, -0.25) is 0 Å². The number of nitrogens with zero attached hydrogens (tertiary/aromatic N) is 3. The van der Waals surface area contributed by atoms with Crippen LogP contribution >= 0.6 is 0 Å². The summed E-state index contributed by atoms with van der Waals surface area (Å²) in [4.78, 5) is 10.5.